The van der Waals surface area contributed by atoms with Crippen LogP contribution in [-0.2, 0) is 37.2 Å². The Balaban J connectivity index is 0.00000306. The standard InChI is InChI=1S/C20H31ClIN4O4PSi.V/c1-19(2,3)32(6,7)27-10-12-13-14(30-20(4,5)29-13)17(28-12)26-9-8-11-15(21)23-18(25-31-22)24-16(11)26;/h8-9,12-14,17,31H,10H2,1-7H3,(H,23,24,25);. The van der Waals surface area contributed by atoms with Gasteiger partial charge in [-0.1, -0.05) is 32.4 Å². The van der Waals surface area contributed by atoms with Crippen LogP contribution in [-0.4, -0.2) is 53.6 Å². The van der Waals surface area contributed by atoms with Crippen molar-refractivity contribution in [2.75, 3.05) is 11.7 Å². The van der Waals surface area contributed by atoms with Crippen molar-refractivity contribution in [1.82, 2.24) is 14.5 Å². The Kier molecular flexibility index (Phi) is 8.60. The Bertz CT molecular complexity index is 1010. The Morgan fingerprint density at radius 2 is 1.94 bits per heavy atom. The summed E-state index contributed by atoms with van der Waals surface area (Å²) >= 11 is 8.66. The zero-order valence-electron chi connectivity index (χ0n) is 19.8. The summed E-state index contributed by atoms with van der Waals surface area (Å²) in [6.07, 6.45) is 1.18. The normalized spacial score (nSPS) is 27.3. The van der Waals surface area contributed by atoms with Gasteiger partial charge in [0, 0.05) is 31.1 Å². The van der Waals surface area contributed by atoms with Crippen molar-refractivity contribution < 1.29 is 37.2 Å². The second-order valence-electron chi connectivity index (χ2n) is 10.2. The second kappa shape index (κ2) is 10.1. The van der Waals surface area contributed by atoms with E-state index < -0.39 is 20.3 Å². The average Bonchev–Trinajstić information content (AvgIpc) is 3.30. The molecule has 183 valence electrons. The first-order valence-electron chi connectivity index (χ1n) is 10.6. The molecule has 2 saturated heterocycles. The molecule has 5 unspecified atom stereocenters. The summed E-state index contributed by atoms with van der Waals surface area (Å²) in [5, 5.41) is 4.44. The predicted octanol–water partition coefficient (Wildman–Crippen LogP) is 5.88. The van der Waals surface area contributed by atoms with Crippen molar-refractivity contribution in [3.05, 3.63) is 17.4 Å². The molecule has 2 fully saturated rings. The van der Waals surface area contributed by atoms with Gasteiger partial charge in [0.1, 0.15) is 29.1 Å². The first kappa shape index (κ1) is 28.1. The minimum absolute atomic E-state index is 0. The molecule has 33 heavy (non-hydrogen) atoms. The van der Waals surface area contributed by atoms with E-state index in [9.17, 15) is 0 Å². The molecule has 2 aliphatic heterocycles. The van der Waals surface area contributed by atoms with Crippen molar-refractivity contribution in [3.63, 3.8) is 0 Å². The smallest absolute Gasteiger partial charge is 0.229 e. The zero-order valence-corrected chi connectivity index (χ0v) is 26.2. The van der Waals surface area contributed by atoms with E-state index in [1.807, 2.05) is 30.7 Å². The van der Waals surface area contributed by atoms with Crippen molar-refractivity contribution in [2.24, 2.45) is 0 Å². The number of aromatic nitrogens is 3. The molecule has 0 spiro atoms. The summed E-state index contributed by atoms with van der Waals surface area (Å²) in [4.78, 5) is 9.02. The predicted molar refractivity (Wildman–Crippen MR) is 139 cm³/mol. The first-order valence-corrected chi connectivity index (χ1v) is 18.0. The summed E-state index contributed by atoms with van der Waals surface area (Å²) in [6, 6.07) is 1.91. The van der Waals surface area contributed by atoms with Crippen molar-refractivity contribution >= 4 is 65.3 Å². The number of halogens is 2. The van der Waals surface area contributed by atoms with Gasteiger partial charge in [0.25, 0.3) is 0 Å². The number of nitrogens with one attached hydrogen (secondary N) is 1. The molecule has 13 heteroatoms. The van der Waals surface area contributed by atoms with Gasteiger partial charge in [0.15, 0.2) is 20.3 Å². The Hall–Kier alpha value is 0.511. The maximum Gasteiger partial charge on any atom is 0.229 e. The van der Waals surface area contributed by atoms with Crippen LogP contribution in [0.25, 0.3) is 11.0 Å². The fraction of sp³-hybridized carbons (Fsp3) is 0.700. The molecule has 2 aromatic rings. The van der Waals surface area contributed by atoms with E-state index in [4.69, 9.17) is 30.2 Å². The fourth-order valence-electron chi connectivity index (χ4n) is 3.82. The summed E-state index contributed by atoms with van der Waals surface area (Å²) in [6.45, 7) is 15.5. The molecule has 2 aromatic heterocycles. The van der Waals surface area contributed by atoms with Gasteiger partial charge in [0.05, 0.1) is 12.0 Å². The quantitative estimate of drug-likeness (QED) is 0.179. The van der Waals surface area contributed by atoms with E-state index in [1.165, 1.54) is 0 Å². The third-order valence-electron chi connectivity index (χ3n) is 6.50. The van der Waals surface area contributed by atoms with Gasteiger partial charge in [-0.2, -0.15) is 4.98 Å². The van der Waals surface area contributed by atoms with E-state index in [0.29, 0.717) is 29.7 Å². The SMILES string of the molecule is CC1(C)OC2C(CO[Si](C)(C)C(C)(C)C)OC(n3ccc4c(Cl)nc(NPI)nc43)C2O1.[V]. The molecule has 0 saturated carbocycles. The monoisotopic (exact) mass is 663 g/mol. The van der Waals surface area contributed by atoms with Gasteiger partial charge in [-0.15, -0.1) is 0 Å². The maximum atomic E-state index is 6.51. The summed E-state index contributed by atoms with van der Waals surface area (Å²) in [5.41, 5.74) is 0.699. The van der Waals surface area contributed by atoms with Gasteiger partial charge in [0.2, 0.25) is 5.95 Å². The molecule has 1 radical (unpaired) electrons. The molecule has 0 amide bonds. The molecule has 0 aromatic carbocycles. The van der Waals surface area contributed by atoms with Gasteiger partial charge in [-0.05, 0) is 60.1 Å². The van der Waals surface area contributed by atoms with E-state index >= 15 is 0 Å². The first-order chi connectivity index (χ1) is 14.8. The topological polar surface area (TPSA) is 79.7 Å². The molecular formula is C20H31ClIN4O4PSiV. The summed E-state index contributed by atoms with van der Waals surface area (Å²) in [7, 11) is -1.94. The van der Waals surface area contributed by atoms with Crippen molar-refractivity contribution in [1.29, 1.82) is 0 Å². The van der Waals surface area contributed by atoms with Crippen LogP contribution in [0.2, 0.25) is 23.3 Å². The van der Waals surface area contributed by atoms with E-state index in [2.05, 4.69) is 71.0 Å². The molecule has 4 heterocycles. The summed E-state index contributed by atoms with van der Waals surface area (Å²) in [5.74, 6) is -0.205. The molecule has 2 aliphatic rings. The van der Waals surface area contributed by atoms with Crippen molar-refractivity contribution in [2.45, 2.75) is 83.1 Å². The summed E-state index contributed by atoms with van der Waals surface area (Å²) < 4.78 is 27.5. The molecule has 4 rings (SSSR count). The number of hydrogen-bond acceptors (Lipinski definition) is 7. The van der Waals surface area contributed by atoms with E-state index in [0.717, 1.165) is 5.39 Å². The van der Waals surface area contributed by atoms with Crippen LogP contribution in [0.1, 0.15) is 40.8 Å². The van der Waals surface area contributed by atoms with Gasteiger partial charge in [-0.3, -0.25) is 0 Å². The average molecular weight is 664 g/mol. The largest absolute Gasteiger partial charge is 0.414 e. The van der Waals surface area contributed by atoms with Crippen molar-refractivity contribution in [3.8, 4) is 0 Å². The Labute approximate surface area is 227 Å². The Morgan fingerprint density at radius 3 is 2.58 bits per heavy atom. The van der Waals surface area contributed by atoms with Crippen LogP contribution in [0.4, 0.5) is 5.95 Å². The van der Waals surface area contributed by atoms with Crippen LogP contribution >= 0.6 is 40.0 Å². The van der Waals surface area contributed by atoms with Crippen LogP contribution < -0.4 is 5.09 Å². The second-order valence-corrected chi connectivity index (χ2v) is 17.4. The van der Waals surface area contributed by atoms with Gasteiger partial charge < -0.3 is 28.3 Å². The number of ether oxygens (including phenoxy) is 3. The molecule has 5 atom stereocenters. The number of anilines is 1. The molecule has 0 aliphatic carbocycles. The number of nitrogens with zero attached hydrogens (tertiary/aromatic N) is 3. The molecule has 1 N–H and O–H groups in total. The maximum absolute atomic E-state index is 6.51. The number of rotatable bonds is 6. The van der Waals surface area contributed by atoms with Gasteiger partial charge in [-0.25, -0.2) is 4.98 Å². The van der Waals surface area contributed by atoms with Gasteiger partial charge >= 0.3 is 0 Å². The van der Waals surface area contributed by atoms with Crippen LogP contribution in [0, 0.1) is 0 Å². The van der Waals surface area contributed by atoms with Crippen LogP contribution in [0.15, 0.2) is 12.3 Å². The molecular weight excluding hydrogens is 633 g/mol. The van der Waals surface area contributed by atoms with E-state index in [-0.39, 0.29) is 41.9 Å². The Morgan fingerprint density at radius 1 is 1.27 bits per heavy atom. The number of hydrogen-bond donors (Lipinski definition) is 1. The molecule has 0 bridgehead atoms. The van der Waals surface area contributed by atoms with E-state index in [1.54, 1.807) is 0 Å². The minimum Gasteiger partial charge on any atom is -0.414 e. The minimum atomic E-state index is -1.94. The fourth-order valence-corrected chi connectivity index (χ4v) is 5.99. The van der Waals surface area contributed by atoms with Crippen LogP contribution in [0.5, 0.6) is 0 Å². The third kappa shape index (κ3) is 5.60. The van der Waals surface area contributed by atoms with Crippen LogP contribution in [0.3, 0.4) is 0 Å². The molecule has 8 nitrogen and oxygen atoms in total. The third-order valence-corrected chi connectivity index (χ3v) is 12.4. The number of fused-ring (bicyclic) bond motifs is 2. The zero-order chi connectivity index (χ0) is 23.5.